The summed E-state index contributed by atoms with van der Waals surface area (Å²) in [5, 5.41) is 2.96. The number of aromatic nitrogens is 1. The first-order valence-corrected chi connectivity index (χ1v) is 7.58. The highest BCUT2D eigenvalue weighted by molar-refractivity contribution is 5.94. The van der Waals surface area contributed by atoms with E-state index in [9.17, 15) is 4.79 Å². The first-order valence-electron chi connectivity index (χ1n) is 7.58. The maximum Gasteiger partial charge on any atom is 0.251 e. The summed E-state index contributed by atoms with van der Waals surface area (Å²) in [6.07, 6.45) is 4.10. The third kappa shape index (κ3) is 5.07. The number of hydrogen-bond donors (Lipinski definition) is 1. The van der Waals surface area contributed by atoms with Gasteiger partial charge in [0, 0.05) is 37.7 Å². The summed E-state index contributed by atoms with van der Waals surface area (Å²) in [6, 6.07) is 9.04. The number of amides is 1. The van der Waals surface area contributed by atoms with Crippen molar-refractivity contribution in [3.05, 3.63) is 53.9 Å². The number of nitrogens with one attached hydrogen (secondary N) is 1. The summed E-state index contributed by atoms with van der Waals surface area (Å²) >= 11 is 0. The molecule has 1 atom stereocenters. The molecule has 1 aromatic heterocycles. The lowest BCUT2D eigenvalue weighted by molar-refractivity contribution is 0.0929. The zero-order chi connectivity index (χ0) is 16.7. The van der Waals surface area contributed by atoms with Crippen molar-refractivity contribution < 1.29 is 14.3 Å². The van der Waals surface area contributed by atoms with Crippen LogP contribution in [0.2, 0.25) is 0 Å². The summed E-state index contributed by atoms with van der Waals surface area (Å²) in [4.78, 5) is 16.3. The Morgan fingerprint density at radius 2 is 2.00 bits per heavy atom. The van der Waals surface area contributed by atoms with E-state index in [-0.39, 0.29) is 11.9 Å². The van der Waals surface area contributed by atoms with Crippen LogP contribution in [0.15, 0.2) is 42.7 Å². The molecule has 2 rings (SSSR count). The van der Waals surface area contributed by atoms with Gasteiger partial charge in [0.2, 0.25) is 0 Å². The van der Waals surface area contributed by atoms with Gasteiger partial charge in [-0.05, 0) is 50.1 Å². The Balaban J connectivity index is 2.08. The van der Waals surface area contributed by atoms with Crippen LogP contribution in [0.3, 0.4) is 0 Å². The van der Waals surface area contributed by atoms with E-state index in [0.29, 0.717) is 23.7 Å². The Morgan fingerprint density at radius 3 is 2.70 bits per heavy atom. The van der Waals surface area contributed by atoms with E-state index in [1.807, 2.05) is 19.9 Å². The number of carbonyl (C=O) groups is 1. The van der Waals surface area contributed by atoms with Gasteiger partial charge < -0.3 is 14.8 Å². The molecule has 5 nitrogen and oxygen atoms in total. The van der Waals surface area contributed by atoms with Crippen LogP contribution in [0.5, 0.6) is 11.5 Å². The molecule has 0 saturated carbocycles. The van der Waals surface area contributed by atoms with E-state index in [4.69, 9.17) is 9.47 Å². The summed E-state index contributed by atoms with van der Waals surface area (Å²) in [5.74, 6) is 1.23. The van der Waals surface area contributed by atoms with Gasteiger partial charge in [-0.2, -0.15) is 0 Å². The molecule has 0 unspecified atom stereocenters. The van der Waals surface area contributed by atoms with Gasteiger partial charge in [-0.1, -0.05) is 6.07 Å². The molecule has 23 heavy (non-hydrogen) atoms. The lowest BCUT2D eigenvalue weighted by Crippen LogP contribution is -2.33. The van der Waals surface area contributed by atoms with Crippen molar-refractivity contribution in [2.24, 2.45) is 0 Å². The minimum absolute atomic E-state index is 0.0494. The van der Waals surface area contributed by atoms with Crippen LogP contribution >= 0.6 is 0 Å². The predicted octanol–water partition coefficient (Wildman–Crippen LogP) is 3.34. The average Bonchev–Trinajstić information content (AvgIpc) is 2.56. The second-order valence-corrected chi connectivity index (χ2v) is 5.42. The quantitative estimate of drug-likeness (QED) is 0.851. The number of methoxy groups -OCH3 is 1. The van der Waals surface area contributed by atoms with Gasteiger partial charge in [0.15, 0.2) is 0 Å². The molecule has 0 bridgehead atoms. The van der Waals surface area contributed by atoms with Gasteiger partial charge in [-0.25, -0.2) is 0 Å². The van der Waals surface area contributed by atoms with Crippen molar-refractivity contribution in [2.75, 3.05) is 13.7 Å². The third-order valence-corrected chi connectivity index (χ3v) is 3.46. The molecule has 0 fully saturated rings. The van der Waals surface area contributed by atoms with E-state index in [1.165, 1.54) is 0 Å². The topological polar surface area (TPSA) is 60.5 Å². The lowest BCUT2D eigenvalue weighted by Gasteiger charge is -2.15. The standard InChI is InChI=1S/C18H22N2O3/c1-13-4-5-15(18(21)20-14(2)8-11-22-3)12-17(13)23-16-6-9-19-10-7-16/h4-7,9-10,12,14H,8,11H2,1-3H3,(H,20,21)/t14-/m0/s1. The molecule has 0 aliphatic rings. The van der Waals surface area contributed by atoms with Crippen LogP contribution in [-0.2, 0) is 4.74 Å². The Bertz CT molecular complexity index is 644. The number of hydrogen-bond acceptors (Lipinski definition) is 4. The van der Waals surface area contributed by atoms with Crippen LogP contribution in [0.25, 0.3) is 0 Å². The molecule has 1 N–H and O–H groups in total. The van der Waals surface area contributed by atoms with Crippen molar-refractivity contribution in [1.82, 2.24) is 10.3 Å². The molecule has 1 heterocycles. The molecule has 1 aromatic carbocycles. The number of carbonyl (C=O) groups excluding carboxylic acids is 1. The molecule has 0 aliphatic heterocycles. The maximum atomic E-state index is 12.3. The van der Waals surface area contributed by atoms with Crippen molar-refractivity contribution >= 4 is 5.91 Å². The highest BCUT2D eigenvalue weighted by atomic mass is 16.5. The van der Waals surface area contributed by atoms with Crippen LogP contribution in [-0.4, -0.2) is 30.6 Å². The average molecular weight is 314 g/mol. The molecule has 5 heteroatoms. The molecule has 0 aliphatic carbocycles. The SMILES string of the molecule is COCC[C@H](C)NC(=O)c1ccc(C)c(Oc2ccncc2)c1. The summed E-state index contributed by atoms with van der Waals surface area (Å²) in [7, 11) is 1.65. The Labute approximate surface area is 136 Å². The summed E-state index contributed by atoms with van der Waals surface area (Å²) < 4.78 is 10.9. The van der Waals surface area contributed by atoms with E-state index < -0.39 is 0 Å². The molecule has 2 aromatic rings. The van der Waals surface area contributed by atoms with Crippen LogP contribution in [0, 0.1) is 6.92 Å². The zero-order valence-corrected chi connectivity index (χ0v) is 13.7. The second kappa shape index (κ2) is 8.29. The number of ether oxygens (including phenoxy) is 2. The van der Waals surface area contributed by atoms with Gasteiger partial charge in [0.05, 0.1) is 0 Å². The third-order valence-electron chi connectivity index (χ3n) is 3.46. The number of rotatable bonds is 7. The molecule has 122 valence electrons. The molecule has 0 spiro atoms. The summed E-state index contributed by atoms with van der Waals surface area (Å²) in [5.41, 5.74) is 1.54. The van der Waals surface area contributed by atoms with E-state index in [1.54, 1.807) is 43.8 Å². The monoisotopic (exact) mass is 314 g/mol. The minimum atomic E-state index is -0.117. The molecular weight excluding hydrogens is 292 g/mol. The number of benzene rings is 1. The van der Waals surface area contributed by atoms with Gasteiger partial charge >= 0.3 is 0 Å². The van der Waals surface area contributed by atoms with E-state index in [0.717, 1.165) is 12.0 Å². The van der Waals surface area contributed by atoms with Crippen molar-refractivity contribution in [2.45, 2.75) is 26.3 Å². The van der Waals surface area contributed by atoms with Gasteiger partial charge in [0.25, 0.3) is 5.91 Å². The minimum Gasteiger partial charge on any atom is -0.457 e. The Morgan fingerprint density at radius 1 is 1.26 bits per heavy atom. The van der Waals surface area contributed by atoms with Crippen molar-refractivity contribution in [1.29, 1.82) is 0 Å². The number of nitrogens with zero attached hydrogens (tertiary/aromatic N) is 1. The number of aryl methyl sites for hydroxylation is 1. The zero-order valence-electron chi connectivity index (χ0n) is 13.7. The van der Waals surface area contributed by atoms with E-state index in [2.05, 4.69) is 10.3 Å². The molecule has 1 amide bonds. The maximum absolute atomic E-state index is 12.3. The normalized spacial score (nSPS) is 11.8. The Hall–Kier alpha value is -2.40. The first kappa shape index (κ1) is 17.0. The summed E-state index contributed by atoms with van der Waals surface area (Å²) in [6.45, 7) is 4.52. The van der Waals surface area contributed by atoms with Crippen LogP contribution in [0.1, 0.15) is 29.3 Å². The van der Waals surface area contributed by atoms with Gasteiger partial charge in [0.1, 0.15) is 11.5 Å². The number of pyridine rings is 1. The smallest absolute Gasteiger partial charge is 0.251 e. The van der Waals surface area contributed by atoms with Crippen molar-refractivity contribution in [3.63, 3.8) is 0 Å². The lowest BCUT2D eigenvalue weighted by atomic mass is 10.1. The van der Waals surface area contributed by atoms with E-state index >= 15 is 0 Å². The van der Waals surface area contributed by atoms with Crippen molar-refractivity contribution in [3.8, 4) is 11.5 Å². The van der Waals surface area contributed by atoms with Gasteiger partial charge in [-0.3, -0.25) is 9.78 Å². The molecule has 0 radical (unpaired) electrons. The predicted molar refractivity (Wildman–Crippen MR) is 88.9 cm³/mol. The van der Waals surface area contributed by atoms with Crippen LogP contribution in [0.4, 0.5) is 0 Å². The highest BCUT2D eigenvalue weighted by Crippen LogP contribution is 2.25. The molecular formula is C18H22N2O3. The largest absolute Gasteiger partial charge is 0.457 e. The van der Waals surface area contributed by atoms with Crippen LogP contribution < -0.4 is 10.1 Å². The fourth-order valence-corrected chi connectivity index (χ4v) is 2.06. The fourth-order valence-electron chi connectivity index (χ4n) is 2.06. The fraction of sp³-hybridized carbons (Fsp3) is 0.333. The van der Waals surface area contributed by atoms with Gasteiger partial charge in [-0.15, -0.1) is 0 Å². The first-order chi connectivity index (χ1) is 11.1. The highest BCUT2D eigenvalue weighted by Gasteiger charge is 2.12. The molecule has 0 saturated heterocycles. The second-order valence-electron chi connectivity index (χ2n) is 5.42. The Kier molecular flexibility index (Phi) is 6.11.